The number of carbonyl (C=O) groups is 1. The zero-order chi connectivity index (χ0) is 14.5. The SMILES string of the molecule is O=C1N[C@H](c2cc(F)cc(C(F)(F)F)c2)[C@@H]2CCCN12. The van der Waals surface area contributed by atoms with Crippen molar-refractivity contribution in [2.45, 2.75) is 31.1 Å². The topological polar surface area (TPSA) is 32.3 Å². The molecule has 0 aromatic heterocycles. The van der Waals surface area contributed by atoms with E-state index in [9.17, 15) is 22.4 Å². The summed E-state index contributed by atoms with van der Waals surface area (Å²) in [4.78, 5) is 13.3. The van der Waals surface area contributed by atoms with Gasteiger partial charge in [-0.1, -0.05) is 0 Å². The summed E-state index contributed by atoms with van der Waals surface area (Å²) in [7, 11) is 0. The molecule has 2 saturated heterocycles. The van der Waals surface area contributed by atoms with Gasteiger partial charge in [-0.15, -0.1) is 0 Å². The second-order valence-corrected chi connectivity index (χ2v) is 5.10. The van der Waals surface area contributed by atoms with Crippen LogP contribution in [0.2, 0.25) is 0 Å². The molecule has 0 saturated carbocycles. The number of urea groups is 1. The van der Waals surface area contributed by atoms with E-state index in [-0.39, 0.29) is 17.6 Å². The summed E-state index contributed by atoms with van der Waals surface area (Å²) in [5.74, 6) is -0.944. The van der Waals surface area contributed by atoms with Crippen LogP contribution >= 0.6 is 0 Å². The molecule has 20 heavy (non-hydrogen) atoms. The highest BCUT2D eigenvalue weighted by molar-refractivity contribution is 5.78. The Morgan fingerprint density at radius 3 is 2.70 bits per heavy atom. The number of halogens is 4. The first-order valence-electron chi connectivity index (χ1n) is 6.31. The molecule has 0 spiro atoms. The quantitative estimate of drug-likeness (QED) is 0.791. The van der Waals surface area contributed by atoms with Crippen molar-refractivity contribution in [1.29, 1.82) is 0 Å². The van der Waals surface area contributed by atoms with Gasteiger partial charge in [0, 0.05) is 6.54 Å². The Morgan fingerprint density at radius 1 is 1.25 bits per heavy atom. The first-order valence-corrected chi connectivity index (χ1v) is 6.31. The molecule has 1 aromatic rings. The van der Waals surface area contributed by atoms with Crippen molar-refractivity contribution in [3.63, 3.8) is 0 Å². The van der Waals surface area contributed by atoms with Crippen molar-refractivity contribution in [1.82, 2.24) is 10.2 Å². The van der Waals surface area contributed by atoms with E-state index in [0.717, 1.165) is 18.6 Å². The molecule has 0 aliphatic carbocycles. The molecule has 2 aliphatic heterocycles. The van der Waals surface area contributed by atoms with Crippen LogP contribution in [0, 0.1) is 5.82 Å². The summed E-state index contributed by atoms with van der Waals surface area (Å²) in [5.41, 5.74) is -0.863. The number of hydrogen-bond donors (Lipinski definition) is 1. The Balaban J connectivity index is 1.98. The Bertz CT molecular complexity index is 558. The summed E-state index contributed by atoms with van der Waals surface area (Å²) in [6, 6.07) is 1.37. The highest BCUT2D eigenvalue weighted by Crippen LogP contribution is 2.37. The molecule has 1 N–H and O–H groups in total. The average Bonchev–Trinajstić information content (AvgIpc) is 2.92. The average molecular weight is 288 g/mol. The van der Waals surface area contributed by atoms with Gasteiger partial charge in [-0.2, -0.15) is 13.2 Å². The van der Waals surface area contributed by atoms with Gasteiger partial charge < -0.3 is 10.2 Å². The highest BCUT2D eigenvalue weighted by atomic mass is 19.4. The summed E-state index contributed by atoms with van der Waals surface area (Å²) >= 11 is 0. The van der Waals surface area contributed by atoms with E-state index in [0.29, 0.717) is 19.0 Å². The monoisotopic (exact) mass is 288 g/mol. The maximum atomic E-state index is 13.4. The molecular weight excluding hydrogens is 276 g/mol. The number of fused-ring (bicyclic) bond motifs is 1. The maximum Gasteiger partial charge on any atom is 0.416 e. The second-order valence-electron chi connectivity index (χ2n) is 5.10. The van der Waals surface area contributed by atoms with Gasteiger partial charge >= 0.3 is 12.2 Å². The number of carbonyl (C=O) groups excluding carboxylic acids is 1. The molecule has 2 amide bonds. The fraction of sp³-hybridized carbons (Fsp3) is 0.462. The summed E-state index contributed by atoms with van der Waals surface area (Å²) in [6.07, 6.45) is -3.08. The fourth-order valence-electron chi connectivity index (χ4n) is 2.96. The number of amides is 2. The Morgan fingerprint density at radius 2 is 2.00 bits per heavy atom. The molecule has 108 valence electrons. The van der Waals surface area contributed by atoms with E-state index < -0.39 is 23.6 Å². The van der Waals surface area contributed by atoms with Crippen LogP contribution in [0.15, 0.2) is 18.2 Å². The standard InChI is InChI=1S/C13H12F4N2O/c14-9-5-7(4-8(6-9)13(15,16)17)11-10-2-1-3-19(10)12(20)18-11/h4-6,10-11H,1-3H2,(H,18,20)/t10-,11+/m0/s1. The van der Waals surface area contributed by atoms with Crippen LogP contribution in [0.25, 0.3) is 0 Å². The number of nitrogens with zero attached hydrogens (tertiary/aromatic N) is 1. The number of nitrogens with one attached hydrogen (secondary N) is 1. The Labute approximate surface area is 112 Å². The Hall–Kier alpha value is -1.79. The molecule has 2 aliphatic rings. The molecule has 0 radical (unpaired) electrons. The van der Waals surface area contributed by atoms with Gasteiger partial charge in [0.25, 0.3) is 0 Å². The van der Waals surface area contributed by atoms with Crippen LogP contribution < -0.4 is 5.32 Å². The van der Waals surface area contributed by atoms with Crippen molar-refractivity contribution in [3.05, 3.63) is 35.1 Å². The third-order valence-corrected chi connectivity index (χ3v) is 3.83. The fourth-order valence-corrected chi connectivity index (χ4v) is 2.96. The molecule has 0 unspecified atom stereocenters. The zero-order valence-corrected chi connectivity index (χ0v) is 10.4. The van der Waals surface area contributed by atoms with Gasteiger partial charge in [0.1, 0.15) is 5.82 Å². The molecule has 3 rings (SSSR count). The van der Waals surface area contributed by atoms with Crippen LogP contribution in [0.1, 0.15) is 30.0 Å². The molecule has 7 heteroatoms. The largest absolute Gasteiger partial charge is 0.416 e. The highest BCUT2D eigenvalue weighted by Gasteiger charge is 2.43. The number of alkyl halides is 3. The lowest BCUT2D eigenvalue weighted by molar-refractivity contribution is -0.137. The number of rotatable bonds is 1. The van der Waals surface area contributed by atoms with Gasteiger partial charge in [0.2, 0.25) is 0 Å². The van der Waals surface area contributed by atoms with Gasteiger partial charge in [-0.25, -0.2) is 9.18 Å². The minimum atomic E-state index is -4.60. The van der Waals surface area contributed by atoms with Crippen molar-refractivity contribution in [3.8, 4) is 0 Å². The third-order valence-electron chi connectivity index (χ3n) is 3.83. The van der Waals surface area contributed by atoms with Gasteiger partial charge in [-0.05, 0) is 36.6 Å². The van der Waals surface area contributed by atoms with E-state index in [1.54, 1.807) is 4.90 Å². The first-order chi connectivity index (χ1) is 9.36. The van der Waals surface area contributed by atoms with Crippen LogP contribution in [-0.4, -0.2) is 23.5 Å². The van der Waals surface area contributed by atoms with E-state index in [1.165, 1.54) is 0 Å². The normalized spacial score (nSPS) is 25.8. The first kappa shape index (κ1) is 13.2. The van der Waals surface area contributed by atoms with Crippen LogP contribution in [0.4, 0.5) is 22.4 Å². The maximum absolute atomic E-state index is 13.4. The smallest absolute Gasteiger partial charge is 0.329 e. The molecule has 1 aromatic carbocycles. The summed E-state index contributed by atoms with van der Waals surface area (Å²) in [6.45, 7) is 0.592. The minimum Gasteiger partial charge on any atom is -0.329 e. The molecular formula is C13H12F4N2O. The van der Waals surface area contributed by atoms with Crippen molar-refractivity contribution in [2.24, 2.45) is 0 Å². The van der Waals surface area contributed by atoms with Gasteiger partial charge in [-0.3, -0.25) is 0 Å². The van der Waals surface area contributed by atoms with Crippen molar-refractivity contribution in [2.75, 3.05) is 6.54 Å². The van der Waals surface area contributed by atoms with E-state index in [2.05, 4.69) is 5.32 Å². The van der Waals surface area contributed by atoms with Crippen LogP contribution in [-0.2, 0) is 6.18 Å². The van der Waals surface area contributed by atoms with Crippen LogP contribution in [0.3, 0.4) is 0 Å². The van der Waals surface area contributed by atoms with Gasteiger partial charge in [0.15, 0.2) is 0 Å². The third kappa shape index (κ3) is 2.10. The number of benzene rings is 1. The summed E-state index contributed by atoms with van der Waals surface area (Å²) in [5, 5.41) is 2.63. The molecule has 2 atom stereocenters. The molecule has 3 nitrogen and oxygen atoms in total. The Kier molecular flexibility index (Phi) is 2.88. The molecule has 0 bridgehead atoms. The van der Waals surface area contributed by atoms with E-state index >= 15 is 0 Å². The van der Waals surface area contributed by atoms with E-state index in [1.807, 2.05) is 0 Å². The predicted molar refractivity (Wildman–Crippen MR) is 62.4 cm³/mol. The zero-order valence-electron chi connectivity index (χ0n) is 10.4. The predicted octanol–water partition coefficient (Wildman–Crippen LogP) is 3.07. The van der Waals surface area contributed by atoms with Gasteiger partial charge in [0.05, 0.1) is 17.6 Å². The lowest BCUT2D eigenvalue weighted by atomic mass is 9.97. The number of hydrogen-bond acceptors (Lipinski definition) is 1. The van der Waals surface area contributed by atoms with Crippen LogP contribution in [0.5, 0.6) is 0 Å². The van der Waals surface area contributed by atoms with Crippen molar-refractivity contribution < 1.29 is 22.4 Å². The lowest BCUT2D eigenvalue weighted by Crippen LogP contribution is -2.28. The molecule has 2 fully saturated rings. The van der Waals surface area contributed by atoms with Crippen molar-refractivity contribution >= 4 is 6.03 Å². The second kappa shape index (κ2) is 4.36. The summed E-state index contributed by atoms with van der Waals surface area (Å²) < 4.78 is 51.6. The minimum absolute atomic E-state index is 0.167. The lowest BCUT2D eigenvalue weighted by Gasteiger charge is -2.19. The van der Waals surface area contributed by atoms with E-state index in [4.69, 9.17) is 0 Å². The molecule has 2 heterocycles.